The summed E-state index contributed by atoms with van der Waals surface area (Å²) < 4.78 is 10.6. The highest BCUT2D eigenvalue weighted by Gasteiger charge is 2.45. The fourth-order valence-corrected chi connectivity index (χ4v) is 2.15. The Morgan fingerprint density at radius 1 is 1.47 bits per heavy atom. The van der Waals surface area contributed by atoms with E-state index < -0.39 is 5.41 Å². The first-order chi connectivity index (χ1) is 9.13. The van der Waals surface area contributed by atoms with Gasteiger partial charge in [0.05, 0.1) is 19.8 Å². The van der Waals surface area contributed by atoms with Crippen LogP contribution < -0.4 is 5.73 Å². The molecule has 0 bridgehead atoms. The number of esters is 1. The number of hydrogen-bond donors (Lipinski definition) is 1. The first kappa shape index (κ1) is 14.0. The van der Waals surface area contributed by atoms with E-state index in [4.69, 9.17) is 15.2 Å². The molecule has 2 atom stereocenters. The van der Waals surface area contributed by atoms with E-state index in [1.807, 2.05) is 25.1 Å². The Morgan fingerprint density at radius 2 is 2.21 bits per heavy atom. The van der Waals surface area contributed by atoms with Gasteiger partial charge in [-0.05, 0) is 25.3 Å². The van der Waals surface area contributed by atoms with Gasteiger partial charge in [-0.2, -0.15) is 0 Å². The summed E-state index contributed by atoms with van der Waals surface area (Å²) in [5, 5.41) is 0. The summed E-state index contributed by atoms with van der Waals surface area (Å²) >= 11 is 0. The average Bonchev–Trinajstić information content (AvgIpc) is 2.77. The lowest BCUT2D eigenvalue weighted by atomic mass is 9.86. The van der Waals surface area contributed by atoms with Crippen molar-refractivity contribution in [2.45, 2.75) is 25.8 Å². The van der Waals surface area contributed by atoms with Gasteiger partial charge in [-0.3, -0.25) is 4.79 Å². The van der Waals surface area contributed by atoms with Crippen molar-refractivity contribution in [2.75, 3.05) is 19.8 Å². The van der Waals surface area contributed by atoms with Gasteiger partial charge in [0.1, 0.15) is 5.41 Å². The molecule has 19 heavy (non-hydrogen) atoms. The van der Waals surface area contributed by atoms with Crippen LogP contribution in [0.2, 0.25) is 0 Å². The molecule has 0 amide bonds. The molecule has 0 aliphatic carbocycles. The maximum atomic E-state index is 12.0. The fraction of sp³-hybridized carbons (Fsp3) is 0.533. The quantitative estimate of drug-likeness (QED) is 0.646. The van der Waals surface area contributed by atoms with Crippen molar-refractivity contribution in [2.24, 2.45) is 11.1 Å². The molecule has 1 aliphatic heterocycles. The first-order valence-corrected chi connectivity index (χ1v) is 6.67. The number of aryl methyl sites for hydroxylation is 1. The third-order valence-corrected chi connectivity index (χ3v) is 3.67. The maximum absolute atomic E-state index is 12.0. The van der Waals surface area contributed by atoms with Crippen molar-refractivity contribution in [3.05, 3.63) is 35.9 Å². The predicted octanol–water partition coefficient (Wildman–Crippen LogP) is 1.53. The van der Waals surface area contributed by atoms with Gasteiger partial charge in [0, 0.05) is 6.04 Å². The van der Waals surface area contributed by atoms with E-state index in [1.54, 1.807) is 0 Å². The number of rotatable bonds is 5. The lowest BCUT2D eigenvalue weighted by Crippen LogP contribution is -2.45. The lowest BCUT2D eigenvalue weighted by Gasteiger charge is -2.24. The second-order valence-electron chi connectivity index (χ2n) is 5.26. The van der Waals surface area contributed by atoms with Crippen LogP contribution >= 0.6 is 0 Å². The Bertz CT molecular complexity index is 421. The second kappa shape index (κ2) is 6.17. The predicted molar refractivity (Wildman–Crippen MR) is 72.6 cm³/mol. The Labute approximate surface area is 113 Å². The van der Waals surface area contributed by atoms with Crippen LogP contribution in [0.4, 0.5) is 0 Å². The molecule has 0 saturated carbocycles. The minimum Gasteiger partial charge on any atom is -0.465 e. The number of carbonyl (C=O) groups excluding carboxylic acids is 1. The standard InChI is InChI=1S/C15H21NO3/c1-15(11-18-10-13(15)16)14(17)19-9-5-8-12-6-3-2-4-7-12/h2-4,6-7,13H,5,8-11,16H2,1H3. The summed E-state index contributed by atoms with van der Waals surface area (Å²) in [5.74, 6) is -0.245. The summed E-state index contributed by atoms with van der Waals surface area (Å²) in [7, 11) is 0. The summed E-state index contributed by atoms with van der Waals surface area (Å²) in [6.45, 7) is 3.02. The molecule has 1 aliphatic rings. The molecule has 2 unspecified atom stereocenters. The Hall–Kier alpha value is -1.39. The zero-order valence-corrected chi connectivity index (χ0v) is 11.3. The molecule has 0 radical (unpaired) electrons. The largest absolute Gasteiger partial charge is 0.465 e. The van der Waals surface area contributed by atoms with E-state index in [-0.39, 0.29) is 12.0 Å². The van der Waals surface area contributed by atoms with E-state index in [0.717, 1.165) is 12.8 Å². The highest BCUT2D eigenvalue weighted by molar-refractivity contribution is 5.78. The van der Waals surface area contributed by atoms with Gasteiger partial charge in [-0.15, -0.1) is 0 Å². The van der Waals surface area contributed by atoms with Gasteiger partial charge in [-0.1, -0.05) is 30.3 Å². The summed E-state index contributed by atoms with van der Waals surface area (Å²) in [5.41, 5.74) is 6.45. The van der Waals surface area contributed by atoms with Gasteiger partial charge in [0.25, 0.3) is 0 Å². The van der Waals surface area contributed by atoms with Crippen molar-refractivity contribution >= 4 is 5.97 Å². The molecule has 4 heteroatoms. The van der Waals surface area contributed by atoms with E-state index >= 15 is 0 Å². The van der Waals surface area contributed by atoms with Crippen LogP contribution in [-0.2, 0) is 20.7 Å². The van der Waals surface area contributed by atoms with Crippen LogP contribution in [0, 0.1) is 5.41 Å². The van der Waals surface area contributed by atoms with Crippen LogP contribution in [0.15, 0.2) is 30.3 Å². The van der Waals surface area contributed by atoms with Gasteiger partial charge in [-0.25, -0.2) is 0 Å². The third-order valence-electron chi connectivity index (χ3n) is 3.67. The Kier molecular flexibility index (Phi) is 4.56. The monoisotopic (exact) mass is 263 g/mol. The molecular weight excluding hydrogens is 242 g/mol. The number of nitrogens with two attached hydrogens (primary N) is 1. The molecule has 1 aromatic rings. The van der Waals surface area contributed by atoms with Crippen LogP contribution in [0.5, 0.6) is 0 Å². The van der Waals surface area contributed by atoms with Crippen molar-refractivity contribution in [1.82, 2.24) is 0 Å². The van der Waals surface area contributed by atoms with Crippen molar-refractivity contribution in [1.29, 1.82) is 0 Å². The molecule has 1 aromatic carbocycles. The van der Waals surface area contributed by atoms with Crippen LogP contribution in [-0.4, -0.2) is 31.8 Å². The highest BCUT2D eigenvalue weighted by Crippen LogP contribution is 2.28. The van der Waals surface area contributed by atoms with E-state index in [2.05, 4.69) is 12.1 Å². The molecule has 1 heterocycles. The average molecular weight is 263 g/mol. The molecule has 104 valence electrons. The number of benzene rings is 1. The molecule has 2 N–H and O–H groups in total. The smallest absolute Gasteiger partial charge is 0.315 e. The number of carbonyl (C=O) groups is 1. The van der Waals surface area contributed by atoms with Gasteiger partial charge < -0.3 is 15.2 Å². The van der Waals surface area contributed by atoms with Crippen molar-refractivity contribution in [3.63, 3.8) is 0 Å². The normalized spacial score (nSPS) is 26.3. The second-order valence-corrected chi connectivity index (χ2v) is 5.26. The highest BCUT2D eigenvalue weighted by atomic mass is 16.5. The molecule has 1 fully saturated rings. The van der Waals surface area contributed by atoms with E-state index in [9.17, 15) is 4.79 Å². The summed E-state index contributed by atoms with van der Waals surface area (Å²) in [6, 6.07) is 9.89. The molecule has 1 saturated heterocycles. The van der Waals surface area contributed by atoms with Gasteiger partial charge >= 0.3 is 5.97 Å². The SMILES string of the molecule is CC1(C(=O)OCCCc2ccccc2)COCC1N. The van der Waals surface area contributed by atoms with E-state index in [1.165, 1.54) is 5.56 Å². The minimum absolute atomic E-state index is 0.245. The number of hydrogen-bond acceptors (Lipinski definition) is 4. The third kappa shape index (κ3) is 3.33. The maximum Gasteiger partial charge on any atom is 0.315 e. The van der Waals surface area contributed by atoms with Crippen LogP contribution in [0.25, 0.3) is 0 Å². The lowest BCUT2D eigenvalue weighted by molar-refractivity contribution is -0.155. The topological polar surface area (TPSA) is 61.5 Å². The summed E-state index contributed by atoms with van der Waals surface area (Å²) in [4.78, 5) is 12.0. The van der Waals surface area contributed by atoms with Gasteiger partial charge in [0.2, 0.25) is 0 Å². The summed E-state index contributed by atoms with van der Waals surface area (Å²) in [6.07, 6.45) is 1.73. The fourth-order valence-electron chi connectivity index (χ4n) is 2.15. The molecule has 4 nitrogen and oxygen atoms in total. The zero-order chi connectivity index (χ0) is 13.7. The van der Waals surface area contributed by atoms with E-state index in [0.29, 0.717) is 19.8 Å². The minimum atomic E-state index is -0.688. The van der Waals surface area contributed by atoms with Crippen LogP contribution in [0.1, 0.15) is 18.9 Å². The van der Waals surface area contributed by atoms with Crippen molar-refractivity contribution in [3.8, 4) is 0 Å². The molecular formula is C15H21NO3. The molecule has 0 spiro atoms. The zero-order valence-electron chi connectivity index (χ0n) is 11.3. The molecule has 2 rings (SSSR count). The van der Waals surface area contributed by atoms with Crippen molar-refractivity contribution < 1.29 is 14.3 Å². The van der Waals surface area contributed by atoms with Crippen LogP contribution in [0.3, 0.4) is 0 Å². The number of ether oxygens (including phenoxy) is 2. The molecule has 0 aromatic heterocycles. The Morgan fingerprint density at radius 3 is 2.84 bits per heavy atom. The Balaban J connectivity index is 1.73. The first-order valence-electron chi connectivity index (χ1n) is 6.67. The van der Waals surface area contributed by atoms with Gasteiger partial charge in [0.15, 0.2) is 0 Å².